The van der Waals surface area contributed by atoms with Gasteiger partial charge in [0.25, 0.3) is 17.5 Å². The number of aromatic nitrogens is 1. The maximum atomic E-state index is 12.6. The van der Waals surface area contributed by atoms with Gasteiger partial charge in [-0.05, 0) is 36.2 Å². The summed E-state index contributed by atoms with van der Waals surface area (Å²) in [6.45, 7) is 0.133. The molecule has 0 radical (unpaired) electrons. The van der Waals surface area contributed by atoms with Crippen LogP contribution < -0.4 is 4.74 Å². The molecule has 0 saturated heterocycles. The first-order valence-electron chi connectivity index (χ1n) is 8.29. The first-order chi connectivity index (χ1) is 13.0. The zero-order valence-corrected chi connectivity index (χ0v) is 14.4. The van der Waals surface area contributed by atoms with E-state index in [1.165, 1.54) is 18.2 Å². The van der Waals surface area contributed by atoms with Gasteiger partial charge in [-0.15, -0.1) is 0 Å². The SMILES string of the molecule is COc1ccc2[nH]cc(CCN3C(=O)c4cccc([N+](=O)[O-])c4C3=O)c2c1. The molecule has 0 fully saturated rings. The fraction of sp³-hybridized carbons (Fsp3) is 0.158. The Morgan fingerprint density at radius 2 is 2.00 bits per heavy atom. The summed E-state index contributed by atoms with van der Waals surface area (Å²) in [6.07, 6.45) is 2.25. The van der Waals surface area contributed by atoms with Crippen molar-refractivity contribution < 1.29 is 19.2 Å². The summed E-state index contributed by atoms with van der Waals surface area (Å²) in [5, 5.41) is 12.1. The van der Waals surface area contributed by atoms with E-state index < -0.39 is 16.7 Å². The van der Waals surface area contributed by atoms with Crippen LogP contribution in [0, 0.1) is 10.1 Å². The second-order valence-corrected chi connectivity index (χ2v) is 6.19. The number of rotatable bonds is 5. The normalized spacial score (nSPS) is 13.3. The summed E-state index contributed by atoms with van der Waals surface area (Å²) in [4.78, 5) is 39.9. The van der Waals surface area contributed by atoms with Crippen molar-refractivity contribution >= 4 is 28.4 Å². The molecule has 0 saturated carbocycles. The van der Waals surface area contributed by atoms with E-state index in [1.807, 2.05) is 24.4 Å². The molecule has 1 N–H and O–H groups in total. The Morgan fingerprint density at radius 1 is 1.19 bits per heavy atom. The molecule has 27 heavy (non-hydrogen) atoms. The van der Waals surface area contributed by atoms with Gasteiger partial charge in [0.15, 0.2) is 0 Å². The molecule has 4 rings (SSSR count). The summed E-state index contributed by atoms with van der Waals surface area (Å²) < 4.78 is 5.24. The second kappa shape index (κ2) is 6.24. The van der Waals surface area contributed by atoms with Crippen LogP contribution in [0.2, 0.25) is 0 Å². The third-order valence-electron chi connectivity index (χ3n) is 4.75. The monoisotopic (exact) mass is 365 g/mol. The van der Waals surface area contributed by atoms with E-state index in [0.29, 0.717) is 12.2 Å². The number of H-pyrrole nitrogens is 1. The van der Waals surface area contributed by atoms with Gasteiger partial charge in [0.2, 0.25) is 0 Å². The van der Waals surface area contributed by atoms with Crippen molar-refractivity contribution in [2.75, 3.05) is 13.7 Å². The van der Waals surface area contributed by atoms with Crippen LogP contribution in [0.1, 0.15) is 26.3 Å². The number of benzene rings is 2. The van der Waals surface area contributed by atoms with Crippen LogP contribution in [0.4, 0.5) is 5.69 Å². The van der Waals surface area contributed by atoms with Crippen LogP contribution in [0.5, 0.6) is 5.75 Å². The molecule has 2 amide bonds. The molecule has 136 valence electrons. The Bertz CT molecular complexity index is 1100. The van der Waals surface area contributed by atoms with Crippen molar-refractivity contribution in [3.8, 4) is 5.75 Å². The lowest BCUT2D eigenvalue weighted by Gasteiger charge is -2.13. The minimum Gasteiger partial charge on any atom is -0.497 e. The number of methoxy groups -OCH3 is 1. The summed E-state index contributed by atoms with van der Waals surface area (Å²) in [5.74, 6) is -0.421. The Labute approximate surface area is 153 Å². The van der Waals surface area contributed by atoms with E-state index in [-0.39, 0.29) is 23.4 Å². The number of aromatic amines is 1. The molecule has 0 spiro atoms. The Morgan fingerprint density at radius 3 is 2.74 bits per heavy atom. The number of imide groups is 1. The standard InChI is InChI=1S/C19H15N3O5/c1-27-12-5-6-15-14(9-12)11(10-20-15)7-8-21-18(23)13-3-2-4-16(22(25)26)17(13)19(21)24/h2-6,9-10,20H,7-8H2,1H3. The molecule has 8 nitrogen and oxygen atoms in total. The van der Waals surface area contributed by atoms with Crippen molar-refractivity contribution in [2.45, 2.75) is 6.42 Å². The van der Waals surface area contributed by atoms with Crippen LogP contribution in [0.25, 0.3) is 10.9 Å². The highest BCUT2D eigenvalue weighted by Gasteiger charge is 2.40. The fourth-order valence-electron chi connectivity index (χ4n) is 3.39. The Hall–Kier alpha value is -3.68. The predicted octanol–water partition coefficient (Wildman–Crippen LogP) is 2.92. The Balaban J connectivity index is 1.61. The largest absolute Gasteiger partial charge is 0.497 e. The molecule has 1 aliphatic rings. The maximum Gasteiger partial charge on any atom is 0.282 e. The Kier molecular flexibility index (Phi) is 3.88. The van der Waals surface area contributed by atoms with Gasteiger partial charge in [-0.3, -0.25) is 24.6 Å². The van der Waals surface area contributed by atoms with Crippen molar-refractivity contribution in [1.82, 2.24) is 9.88 Å². The number of nitro groups is 1. The van der Waals surface area contributed by atoms with Crippen LogP contribution in [0.15, 0.2) is 42.6 Å². The smallest absolute Gasteiger partial charge is 0.282 e. The number of nitrogens with zero attached hydrogens (tertiary/aromatic N) is 2. The molecule has 1 aromatic heterocycles. The lowest BCUT2D eigenvalue weighted by Crippen LogP contribution is -2.31. The summed E-state index contributed by atoms with van der Waals surface area (Å²) in [6, 6.07) is 9.71. The first kappa shape index (κ1) is 16.8. The predicted molar refractivity (Wildman–Crippen MR) is 97.0 cm³/mol. The maximum absolute atomic E-state index is 12.6. The van der Waals surface area contributed by atoms with Crippen molar-refractivity contribution in [1.29, 1.82) is 0 Å². The van der Waals surface area contributed by atoms with Gasteiger partial charge in [-0.1, -0.05) is 6.07 Å². The van der Waals surface area contributed by atoms with Gasteiger partial charge in [-0.25, -0.2) is 0 Å². The number of nitro benzene ring substituents is 1. The van der Waals surface area contributed by atoms with Crippen LogP contribution >= 0.6 is 0 Å². The minimum absolute atomic E-state index is 0.0785. The van der Waals surface area contributed by atoms with Crippen LogP contribution in [0.3, 0.4) is 0 Å². The van der Waals surface area contributed by atoms with E-state index in [4.69, 9.17) is 4.74 Å². The van der Waals surface area contributed by atoms with E-state index in [2.05, 4.69) is 4.98 Å². The van der Waals surface area contributed by atoms with E-state index in [1.54, 1.807) is 7.11 Å². The lowest BCUT2D eigenvalue weighted by atomic mass is 10.1. The second-order valence-electron chi connectivity index (χ2n) is 6.19. The fourth-order valence-corrected chi connectivity index (χ4v) is 3.39. The van der Waals surface area contributed by atoms with E-state index >= 15 is 0 Å². The molecule has 1 aliphatic heterocycles. The number of carbonyl (C=O) groups excluding carboxylic acids is 2. The van der Waals surface area contributed by atoms with Gasteiger partial charge in [0, 0.05) is 29.7 Å². The van der Waals surface area contributed by atoms with E-state index in [0.717, 1.165) is 21.4 Å². The highest BCUT2D eigenvalue weighted by Crippen LogP contribution is 2.31. The van der Waals surface area contributed by atoms with Gasteiger partial charge in [-0.2, -0.15) is 0 Å². The molecule has 2 heterocycles. The number of nitrogens with one attached hydrogen (secondary N) is 1. The molecular weight excluding hydrogens is 350 g/mol. The molecule has 0 bridgehead atoms. The topological polar surface area (TPSA) is 106 Å². The van der Waals surface area contributed by atoms with Crippen molar-refractivity contribution in [3.63, 3.8) is 0 Å². The molecule has 0 unspecified atom stereocenters. The molecule has 0 aliphatic carbocycles. The number of hydrogen-bond acceptors (Lipinski definition) is 5. The zero-order chi connectivity index (χ0) is 19.1. The average Bonchev–Trinajstić information content (AvgIpc) is 3.19. The van der Waals surface area contributed by atoms with Crippen molar-refractivity contribution in [3.05, 3.63) is 69.4 Å². The number of amides is 2. The van der Waals surface area contributed by atoms with Crippen LogP contribution in [-0.2, 0) is 6.42 Å². The summed E-state index contributed by atoms with van der Waals surface area (Å²) >= 11 is 0. The molecule has 0 atom stereocenters. The average molecular weight is 365 g/mol. The third kappa shape index (κ3) is 2.62. The van der Waals surface area contributed by atoms with Crippen LogP contribution in [-0.4, -0.2) is 40.3 Å². The zero-order valence-electron chi connectivity index (χ0n) is 14.4. The van der Waals surface area contributed by atoms with Crippen molar-refractivity contribution in [2.24, 2.45) is 0 Å². The van der Waals surface area contributed by atoms with Gasteiger partial charge in [0.1, 0.15) is 11.3 Å². The molecule has 3 aromatic rings. The summed E-state index contributed by atoms with van der Waals surface area (Å²) in [5.41, 5.74) is 1.45. The number of hydrogen-bond donors (Lipinski definition) is 1. The summed E-state index contributed by atoms with van der Waals surface area (Å²) in [7, 11) is 1.58. The van der Waals surface area contributed by atoms with Gasteiger partial charge >= 0.3 is 0 Å². The minimum atomic E-state index is -0.639. The third-order valence-corrected chi connectivity index (χ3v) is 4.75. The number of carbonyl (C=O) groups is 2. The molecule has 2 aromatic carbocycles. The number of fused-ring (bicyclic) bond motifs is 2. The number of ether oxygens (including phenoxy) is 1. The van der Waals surface area contributed by atoms with Gasteiger partial charge in [0.05, 0.1) is 17.6 Å². The van der Waals surface area contributed by atoms with E-state index in [9.17, 15) is 19.7 Å². The van der Waals surface area contributed by atoms with Gasteiger partial charge < -0.3 is 9.72 Å². The molecule has 8 heteroatoms. The highest BCUT2D eigenvalue weighted by atomic mass is 16.6. The first-order valence-corrected chi connectivity index (χ1v) is 8.29. The molecular formula is C19H15N3O5. The lowest BCUT2D eigenvalue weighted by molar-refractivity contribution is -0.385. The quantitative estimate of drug-likeness (QED) is 0.425. The highest BCUT2D eigenvalue weighted by molar-refractivity contribution is 6.23.